The van der Waals surface area contributed by atoms with Gasteiger partial charge in [0.2, 0.25) is 0 Å². The van der Waals surface area contributed by atoms with Gasteiger partial charge in [0.1, 0.15) is 0 Å². The van der Waals surface area contributed by atoms with Crippen molar-refractivity contribution in [3.8, 4) is 0 Å². The lowest BCUT2D eigenvalue weighted by molar-refractivity contribution is 0.0949. The lowest BCUT2D eigenvalue weighted by Gasteiger charge is -2.13. The number of benzene rings is 1. The predicted molar refractivity (Wildman–Crippen MR) is 69.0 cm³/mol. The van der Waals surface area contributed by atoms with Gasteiger partial charge in [-0.1, -0.05) is 6.92 Å². The maximum Gasteiger partial charge on any atom is 0.251 e. The van der Waals surface area contributed by atoms with Crippen molar-refractivity contribution in [2.45, 2.75) is 19.9 Å². The van der Waals surface area contributed by atoms with Gasteiger partial charge in [0.15, 0.2) is 17.5 Å². The minimum absolute atomic E-state index is 0. The monoisotopic (exact) mass is 296 g/mol. The van der Waals surface area contributed by atoms with Gasteiger partial charge in [-0.25, -0.2) is 13.2 Å². The van der Waals surface area contributed by atoms with E-state index in [9.17, 15) is 18.0 Å². The maximum absolute atomic E-state index is 12.9. The number of hydrogen-bond acceptors (Lipinski definition) is 2. The molecule has 0 aliphatic rings. The molecule has 1 aromatic rings. The smallest absolute Gasteiger partial charge is 0.251 e. The Hall–Kier alpha value is -1.27. The molecule has 0 aliphatic heterocycles. The molecule has 3 nitrogen and oxygen atoms in total. The van der Waals surface area contributed by atoms with Gasteiger partial charge < -0.3 is 10.6 Å². The SMILES string of the molecule is CCN[C@H](C)CNC(=O)c1cc(F)c(F)c(F)c1.Cl. The topological polar surface area (TPSA) is 41.1 Å². The van der Waals surface area contributed by atoms with Crippen LogP contribution in [0.1, 0.15) is 24.2 Å². The fourth-order valence-electron chi connectivity index (χ4n) is 1.46. The van der Waals surface area contributed by atoms with Crippen LogP contribution in [0.5, 0.6) is 0 Å². The molecule has 1 atom stereocenters. The summed E-state index contributed by atoms with van der Waals surface area (Å²) < 4.78 is 38.5. The highest BCUT2D eigenvalue weighted by Crippen LogP contribution is 2.13. The third kappa shape index (κ3) is 5.08. The molecule has 0 spiro atoms. The minimum Gasteiger partial charge on any atom is -0.350 e. The van der Waals surface area contributed by atoms with Gasteiger partial charge in [0, 0.05) is 18.2 Å². The van der Waals surface area contributed by atoms with Crippen LogP contribution in [0.2, 0.25) is 0 Å². The second kappa shape index (κ2) is 8.01. The third-order valence-electron chi connectivity index (χ3n) is 2.37. The highest BCUT2D eigenvalue weighted by Gasteiger charge is 2.15. The molecule has 0 unspecified atom stereocenters. The van der Waals surface area contributed by atoms with Crippen LogP contribution in [0.4, 0.5) is 13.2 Å². The Balaban J connectivity index is 0.00000324. The second-order valence-corrected chi connectivity index (χ2v) is 3.92. The van der Waals surface area contributed by atoms with Crippen LogP contribution in [-0.2, 0) is 0 Å². The molecule has 1 amide bonds. The molecule has 19 heavy (non-hydrogen) atoms. The molecule has 108 valence electrons. The van der Waals surface area contributed by atoms with Crippen molar-refractivity contribution in [2.24, 2.45) is 0 Å². The summed E-state index contributed by atoms with van der Waals surface area (Å²) in [5.41, 5.74) is -0.241. The van der Waals surface area contributed by atoms with Crippen molar-refractivity contribution in [3.05, 3.63) is 35.1 Å². The van der Waals surface area contributed by atoms with Crippen molar-refractivity contribution in [2.75, 3.05) is 13.1 Å². The van der Waals surface area contributed by atoms with Crippen LogP contribution >= 0.6 is 12.4 Å². The highest BCUT2D eigenvalue weighted by molar-refractivity contribution is 5.94. The molecule has 0 aromatic heterocycles. The van der Waals surface area contributed by atoms with Gasteiger partial charge in [-0.2, -0.15) is 0 Å². The zero-order valence-electron chi connectivity index (χ0n) is 10.6. The molecule has 7 heteroatoms. The molecular weight excluding hydrogens is 281 g/mol. The molecule has 2 N–H and O–H groups in total. The van der Waals surface area contributed by atoms with Crippen molar-refractivity contribution in [1.29, 1.82) is 0 Å². The predicted octanol–water partition coefficient (Wildman–Crippen LogP) is 2.25. The molecule has 0 saturated carbocycles. The van der Waals surface area contributed by atoms with Gasteiger partial charge in [-0.05, 0) is 25.6 Å². The van der Waals surface area contributed by atoms with Crippen LogP contribution in [0.25, 0.3) is 0 Å². The Labute approximate surface area is 116 Å². The molecule has 1 aromatic carbocycles. The van der Waals surface area contributed by atoms with Gasteiger partial charge >= 0.3 is 0 Å². The van der Waals surface area contributed by atoms with E-state index in [2.05, 4.69) is 10.6 Å². The van der Waals surface area contributed by atoms with E-state index in [1.165, 1.54) is 0 Å². The summed E-state index contributed by atoms with van der Waals surface area (Å²) in [6, 6.07) is 1.38. The van der Waals surface area contributed by atoms with E-state index in [1.807, 2.05) is 13.8 Å². The van der Waals surface area contributed by atoms with Crippen molar-refractivity contribution < 1.29 is 18.0 Å². The normalized spacial score (nSPS) is 11.6. The lowest BCUT2D eigenvalue weighted by Crippen LogP contribution is -2.38. The first-order chi connectivity index (χ1) is 8.45. The van der Waals surface area contributed by atoms with Crippen LogP contribution in [0.15, 0.2) is 12.1 Å². The number of hydrogen-bond donors (Lipinski definition) is 2. The Bertz CT molecular complexity index is 420. The third-order valence-corrected chi connectivity index (χ3v) is 2.37. The molecule has 0 aliphatic carbocycles. The Morgan fingerprint density at radius 2 is 1.79 bits per heavy atom. The summed E-state index contributed by atoms with van der Waals surface area (Å²) in [5.74, 6) is -4.97. The molecule has 1 rings (SSSR count). The zero-order chi connectivity index (χ0) is 13.7. The number of rotatable bonds is 5. The fraction of sp³-hybridized carbons (Fsp3) is 0.417. The van der Waals surface area contributed by atoms with Crippen molar-refractivity contribution in [3.63, 3.8) is 0 Å². The summed E-state index contributed by atoms with van der Waals surface area (Å²) in [7, 11) is 0. The standard InChI is InChI=1S/C12H15F3N2O.ClH/c1-3-16-7(2)6-17-12(18)8-4-9(13)11(15)10(14)5-8;/h4-5,7,16H,3,6H2,1-2H3,(H,17,18);1H/t7-;/m1./s1. The summed E-state index contributed by atoms with van der Waals surface area (Å²) in [6.07, 6.45) is 0. The first kappa shape index (κ1) is 17.7. The maximum atomic E-state index is 12.9. The fourth-order valence-corrected chi connectivity index (χ4v) is 1.46. The molecular formula is C12H16ClF3N2O. The van der Waals surface area contributed by atoms with Crippen molar-refractivity contribution >= 4 is 18.3 Å². The first-order valence-electron chi connectivity index (χ1n) is 5.61. The van der Waals surface area contributed by atoms with E-state index in [-0.39, 0.29) is 24.0 Å². The van der Waals surface area contributed by atoms with Gasteiger partial charge in [0.25, 0.3) is 5.91 Å². The molecule has 0 radical (unpaired) electrons. The number of amides is 1. The Kier molecular flexibility index (Phi) is 7.48. The van der Waals surface area contributed by atoms with Crippen LogP contribution in [0, 0.1) is 17.5 Å². The molecule has 0 heterocycles. The first-order valence-corrected chi connectivity index (χ1v) is 5.61. The molecule has 0 fully saturated rings. The average molecular weight is 297 g/mol. The molecule has 0 bridgehead atoms. The van der Waals surface area contributed by atoms with Crippen LogP contribution in [-0.4, -0.2) is 25.0 Å². The van der Waals surface area contributed by atoms with Gasteiger partial charge in [-0.15, -0.1) is 12.4 Å². The summed E-state index contributed by atoms with van der Waals surface area (Å²) in [6.45, 7) is 4.84. The Morgan fingerprint density at radius 1 is 1.26 bits per heavy atom. The molecule has 0 saturated heterocycles. The van der Waals surface area contributed by atoms with E-state index in [1.54, 1.807) is 0 Å². The Morgan fingerprint density at radius 3 is 2.26 bits per heavy atom. The number of carbonyl (C=O) groups is 1. The highest BCUT2D eigenvalue weighted by atomic mass is 35.5. The number of likely N-dealkylation sites (N-methyl/N-ethyl adjacent to an activating group) is 1. The van der Waals surface area contributed by atoms with E-state index in [4.69, 9.17) is 0 Å². The summed E-state index contributed by atoms with van der Waals surface area (Å²) in [4.78, 5) is 11.6. The summed E-state index contributed by atoms with van der Waals surface area (Å²) >= 11 is 0. The summed E-state index contributed by atoms with van der Waals surface area (Å²) in [5, 5.41) is 5.56. The number of nitrogens with one attached hydrogen (secondary N) is 2. The number of carbonyl (C=O) groups excluding carboxylic acids is 1. The van der Waals surface area contributed by atoms with Crippen molar-refractivity contribution in [1.82, 2.24) is 10.6 Å². The lowest BCUT2D eigenvalue weighted by atomic mass is 10.2. The minimum atomic E-state index is -1.58. The van der Waals surface area contributed by atoms with Gasteiger partial charge in [0.05, 0.1) is 0 Å². The average Bonchev–Trinajstić information content (AvgIpc) is 2.32. The number of halogens is 4. The largest absolute Gasteiger partial charge is 0.350 e. The second-order valence-electron chi connectivity index (χ2n) is 3.92. The van der Waals surface area contributed by atoms with E-state index in [0.29, 0.717) is 18.7 Å². The van der Waals surface area contributed by atoms with Gasteiger partial charge in [-0.3, -0.25) is 4.79 Å². The van der Waals surface area contributed by atoms with E-state index >= 15 is 0 Å². The van der Waals surface area contributed by atoms with E-state index in [0.717, 1.165) is 6.54 Å². The van der Waals surface area contributed by atoms with E-state index < -0.39 is 23.4 Å². The zero-order valence-corrected chi connectivity index (χ0v) is 11.4. The van der Waals surface area contributed by atoms with Crippen LogP contribution < -0.4 is 10.6 Å². The van der Waals surface area contributed by atoms with Crippen LogP contribution in [0.3, 0.4) is 0 Å². The quantitative estimate of drug-likeness (QED) is 0.818.